The van der Waals surface area contributed by atoms with Crippen LogP contribution in [0.15, 0.2) is 18.2 Å². The second-order valence-electron chi connectivity index (χ2n) is 2.86. The zero-order valence-electron chi connectivity index (χ0n) is 8.78. The molecule has 1 aromatic rings. The molecule has 0 bridgehead atoms. The first-order valence-electron chi connectivity index (χ1n) is 4.25. The number of aryl methyl sites for hydroxylation is 1. The number of halogens is 2. The molecule has 0 aliphatic carbocycles. The van der Waals surface area contributed by atoms with Gasteiger partial charge in [0.25, 0.3) is 0 Å². The minimum atomic E-state index is -4.68. The van der Waals surface area contributed by atoms with E-state index in [1.165, 1.54) is 0 Å². The second kappa shape index (κ2) is 5.99. The van der Waals surface area contributed by atoms with Gasteiger partial charge in [-0.1, -0.05) is 0 Å². The molecule has 0 aliphatic rings. The summed E-state index contributed by atoms with van der Waals surface area (Å²) in [5.41, 5.74) is 0.993. The first-order valence-corrected chi connectivity index (χ1v) is 8.23. The average Bonchev–Trinajstić information content (AvgIpc) is 2.21. The predicted octanol–water partition coefficient (Wildman–Crippen LogP) is -2.18. The summed E-state index contributed by atoms with van der Waals surface area (Å²) < 4.78 is 33.9. The van der Waals surface area contributed by atoms with Gasteiger partial charge in [-0.2, -0.15) is 0 Å². The van der Waals surface area contributed by atoms with Crippen LogP contribution in [0.25, 0.3) is 0 Å². The van der Waals surface area contributed by atoms with Crippen molar-refractivity contribution in [2.24, 2.45) is 0 Å². The van der Waals surface area contributed by atoms with Gasteiger partial charge in [-0.15, -0.1) is 0 Å². The van der Waals surface area contributed by atoms with Crippen molar-refractivity contribution in [1.82, 2.24) is 0 Å². The van der Waals surface area contributed by atoms with Gasteiger partial charge in [0.05, 0.1) is 0 Å². The molecule has 0 heterocycles. The molecule has 0 amide bonds. The number of hydrogen-bond acceptors (Lipinski definition) is 5. The Balaban J connectivity index is 2.49. The Labute approximate surface area is 105 Å². The van der Waals surface area contributed by atoms with Crippen LogP contribution in [0.4, 0.5) is 0 Å². The SMILES string of the molecule is CO[I+]([O-])(O)OCOc1ccc(C)cc1Cl. The van der Waals surface area contributed by atoms with E-state index in [0.29, 0.717) is 10.8 Å². The van der Waals surface area contributed by atoms with Crippen LogP contribution in [0.2, 0.25) is 5.02 Å². The summed E-state index contributed by atoms with van der Waals surface area (Å²) in [6, 6.07) is 5.18. The summed E-state index contributed by atoms with van der Waals surface area (Å²) in [5, 5.41) is 0.419. The number of ether oxygens (including phenoxy) is 1. The molecule has 5 nitrogen and oxygen atoms in total. The molecule has 0 saturated carbocycles. The third-order valence-electron chi connectivity index (χ3n) is 1.68. The molecular formula is C9H12ClIO5. The predicted molar refractivity (Wildman–Crippen MR) is 52.0 cm³/mol. The number of hydrogen-bond donors (Lipinski definition) is 1. The molecule has 16 heavy (non-hydrogen) atoms. The van der Waals surface area contributed by atoms with Crippen molar-refractivity contribution in [3.05, 3.63) is 28.8 Å². The zero-order valence-corrected chi connectivity index (χ0v) is 11.7. The third kappa shape index (κ3) is 4.40. The topological polar surface area (TPSA) is 71.0 Å². The molecule has 0 saturated heterocycles. The van der Waals surface area contributed by atoms with Crippen LogP contribution < -0.4 is 28.3 Å². The fourth-order valence-corrected chi connectivity index (χ4v) is 1.90. The Morgan fingerprint density at radius 1 is 1.50 bits per heavy atom. The van der Waals surface area contributed by atoms with Crippen LogP contribution in [-0.2, 0) is 6.13 Å². The molecule has 0 spiro atoms. The van der Waals surface area contributed by atoms with Crippen molar-refractivity contribution in [2.75, 3.05) is 13.9 Å². The average molecular weight is 363 g/mol. The second-order valence-corrected chi connectivity index (χ2v) is 7.03. The summed E-state index contributed by atoms with van der Waals surface area (Å²) in [4.78, 5) is 0. The van der Waals surface area contributed by atoms with Crippen LogP contribution in [0, 0.1) is 6.92 Å². The first-order chi connectivity index (χ1) is 7.44. The van der Waals surface area contributed by atoms with Crippen LogP contribution in [0.5, 0.6) is 5.75 Å². The van der Waals surface area contributed by atoms with Crippen LogP contribution in [0.3, 0.4) is 0 Å². The van der Waals surface area contributed by atoms with Gasteiger partial charge in [0, 0.05) is 0 Å². The van der Waals surface area contributed by atoms with E-state index in [-0.39, 0.29) is 6.79 Å². The molecule has 1 unspecified atom stereocenters. The molecule has 0 fully saturated rings. The summed E-state index contributed by atoms with van der Waals surface area (Å²) in [6.07, 6.45) is 0. The Morgan fingerprint density at radius 2 is 2.19 bits per heavy atom. The summed E-state index contributed by atoms with van der Waals surface area (Å²) in [6.45, 7) is 1.51. The molecule has 0 radical (unpaired) electrons. The van der Waals surface area contributed by atoms with Crippen LogP contribution >= 0.6 is 11.6 Å². The Bertz CT molecular complexity index is 358. The van der Waals surface area contributed by atoms with E-state index in [1.54, 1.807) is 12.1 Å². The van der Waals surface area contributed by atoms with Crippen LogP contribution in [0.1, 0.15) is 5.56 Å². The van der Waals surface area contributed by atoms with Gasteiger partial charge < -0.3 is 0 Å². The Kier molecular flexibility index (Phi) is 5.22. The Hall–Kier alpha value is -0.120. The van der Waals surface area contributed by atoms with E-state index in [1.807, 2.05) is 13.0 Å². The van der Waals surface area contributed by atoms with E-state index in [4.69, 9.17) is 19.8 Å². The van der Waals surface area contributed by atoms with E-state index in [0.717, 1.165) is 12.7 Å². The van der Waals surface area contributed by atoms with Crippen molar-refractivity contribution in [2.45, 2.75) is 6.92 Å². The van der Waals surface area contributed by atoms with E-state index in [9.17, 15) is 3.44 Å². The molecule has 7 heteroatoms. The van der Waals surface area contributed by atoms with E-state index in [2.05, 4.69) is 6.13 Å². The first kappa shape index (κ1) is 13.9. The molecule has 1 N–H and O–H groups in total. The number of benzene rings is 1. The van der Waals surface area contributed by atoms with Crippen molar-refractivity contribution < 1.29 is 37.8 Å². The third-order valence-corrected chi connectivity index (χ3v) is 4.13. The molecule has 92 valence electrons. The summed E-state index contributed by atoms with van der Waals surface area (Å²) in [5.74, 6) is 0.389. The standard InChI is InChI=1S/C9H12ClIO5/c1-7-3-4-9(8(10)5-7)15-6-16-11(12,13)14-2/h3-5,12H,6H2,1-2H3. The maximum absolute atomic E-state index is 11.0. The van der Waals surface area contributed by atoms with Gasteiger partial charge in [-0.05, 0) is 0 Å². The van der Waals surface area contributed by atoms with Crippen LogP contribution in [-0.4, -0.2) is 17.3 Å². The molecule has 1 rings (SSSR count). The van der Waals surface area contributed by atoms with E-state index < -0.39 is 20.1 Å². The Morgan fingerprint density at radius 3 is 2.75 bits per heavy atom. The van der Waals surface area contributed by atoms with Gasteiger partial charge in [-0.3, -0.25) is 0 Å². The van der Waals surface area contributed by atoms with Crippen molar-refractivity contribution in [3.63, 3.8) is 0 Å². The van der Waals surface area contributed by atoms with Crippen molar-refractivity contribution >= 4 is 11.6 Å². The molecule has 0 aromatic heterocycles. The molecule has 0 aliphatic heterocycles. The molecule has 1 aromatic carbocycles. The monoisotopic (exact) mass is 362 g/mol. The number of rotatable bonds is 5. The fraction of sp³-hybridized carbons (Fsp3) is 0.333. The van der Waals surface area contributed by atoms with Gasteiger partial charge in [0.2, 0.25) is 0 Å². The van der Waals surface area contributed by atoms with Gasteiger partial charge >= 0.3 is 105 Å². The maximum atomic E-state index is 11.0. The van der Waals surface area contributed by atoms with Gasteiger partial charge in [-0.25, -0.2) is 0 Å². The van der Waals surface area contributed by atoms with Crippen molar-refractivity contribution in [3.8, 4) is 5.75 Å². The normalized spacial score (nSPS) is 16.6. The molecule has 1 atom stereocenters. The quantitative estimate of drug-likeness (QED) is 0.476. The molecular weight excluding hydrogens is 350 g/mol. The zero-order chi connectivity index (χ0) is 12.2. The summed E-state index contributed by atoms with van der Waals surface area (Å²) in [7, 11) is 1.10. The van der Waals surface area contributed by atoms with E-state index >= 15 is 0 Å². The van der Waals surface area contributed by atoms with Gasteiger partial charge in [0.15, 0.2) is 0 Å². The summed E-state index contributed by atoms with van der Waals surface area (Å²) >= 11 is 1.19. The van der Waals surface area contributed by atoms with Crippen molar-refractivity contribution in [1.29, 1.82) is 0 Å². The fourth-order valence-electron chi connectivity index (χ4n) is 0.910. The minimum absolute atomic E-state index is 0.382. The van der Waals surface area contributed by atoms with Gasteiger partial charge in [0.1, 0.15) is 0 Å².